The first-order chi connectivity index (χ1) is 9.72. The summed E-state index contributed by atoms with van der Waals surface area (Å²) in [6, 6.07) is 8.63. The third kappa shape index (κ3) is 3.22. The van der Waals surface area contributed by atoms with Gasteiger partial charge < -0.3 is 5.73 Å². The zero-order valence-electron chi connectivity index (χ0n) is 12.1. The van der Waals surface area contributed by atoms with E-state index in [-0.39, 0.29) is 10.6 Å². The molecule has 0 aliphatic rings. The number of nitrogens with one attached hydrogen (secondary N) is 1. The van der Waals surface area contributed by atoms with E-state index >= 15 is 0 Å². The largest absolute Gasteiger partial charge is 0.398 e. The van der Waals surface area contributed by atoms with Crippen LogP contribution in [0.15, 0.2) is 39.7 Å². The van der Waals surface area contributed by atoms with Crippen LogP contribution in [0, 0.1) is 20.8 Å². The van der Waals surface area contributed by atoms with Gasteiger partial charge in [0, 0.05) is 4.47 Å². The lowest BCUT2D eigenvalue weighted by Gasteiger charge is -2.14. The molecule has 0 heterocycles. The third-order valence-electron chi connectivity index (χ3n) is 3.43. The number of nitrogens with two attached hydrogens (primary N) is 1. The predicted octanol–water partition coefficient (Wildman–Crippen LogP) is 3.76. The lowest BCUT2D eigenvalue weighted by Crippen LogP contribution is -2.16. The Bertz CT molecular complexity index is 802. The predicted molar refractivity (Wildman–Crippen MR) is 90.0 cm³/mol. The highest BCUT2D eigenvalue weighted by Crippen LogP contribution is 2.28. The highest BCUT2D eigenvalue weighted by molar-refractivity contribution is 9.10. The van der Waals surface area contributed by atoms with Gasteiger partial charge in [0.15, 0.2) is 0 Å². The van der Waals surface area contributed by atoms with Crippen LogP contribution in [0.2, 0.25) is 0 Å². The minimum absolute atomic E-state index is 0.102. The third-order valence-corrected chi connectivity index (χ3v) is 5.71. The molecule has 3 N–H and O–H groups in total. The second kappa shape index (κ2) is 5.69. The summed E-state index contributed by atoms with van der Waals surface area (Å²) in [7, 11) is -3.72. The molecule has 0 atom stereocenters. The normalized spacial score (nSPS) is 11.4. The van der Waals surface area contributed by atoms with Crippen LogP contribution in [0.1, 0.15) is 16.7 Å². The Hall–Kier alpha value is -1.53. The molecule has 4 nitrogen and oxygen atoms in total. The maximum atomic E-state index is 12.5. The molecule has 112 valence electrons. The molecule has 6 heteroatoms. The molecule has 2 aromatic rings. The molecular formula is C15H17BrN2O2S. The Kier molecular flexibility index (Phi) is 4.30. The summed E-state index contributed by atoms with van der Waals surface area (Å²) in [5, 5.41) is 0. The fourth-order valence-corrected chi connectivity index (χ4v) is 3.65. The van der Waals surface area contributed by atoms with Gasteiger partial charge in [-0.3, -0.25) is 4.72 Å². The molecule has 2 rings (SSSR count). The van der Waals surface area contributed by atoms with E-state index in [4.69, 9.17) is 5.73 Å². The zero-order chi connectivity index (χ0) is 15.8. The number of rotatable bonds is 3. The number of halogens is 1. The quantitative estimate of drug-likeness (QED) is 0.810. The standard InChI is InChI=1S/C15H17BrN2O2S/c1-9-7-13(17)15(8-10(9)2)21(19,20)18-14-6-4-5-12(16)11(14)3/h4-8,18H,17H2,1-3H3. The number of sulfonamides is 1. The Morgan fingerprint density at radius 1 is 1.10 bits per heavy atom. The van der Waals surface area contributed by atoms with Crippen molar-refractivity contribution in [1.29, 1.82) is 0 Å². The van der Waals surface area contributed by atoms with Crippen molar-refractivity contribution in [1.82, 2.24) is 0 Å². The smallest absolute Gasteiger partial charge is 0.263 e. The fraction of sp³-hybridized carbons (Fsp3) is 0.200. The summed E-state index contributed by atoms with van der Waals surface area (Å²) < 4.78 is 28.5. The lowest BCUT2D eigenvalue weighted by atomic mass is 10.1. The number of hydrogen-bond acceptors (Lipinski definition) is 3. The summed E-state index contributed by atoms with van der Waals surface area (Å²) in [5.74, 6) is 0. The van der Waals surface area contributed by atoms with Crippen LogP contribution >= 0.6 is 15.9 Å². The van der Waals surface area contributed by atoms with E-state index in [0.29, 0.717) is 5.69 Å². The zero-order valence-corrected chi connectivity index (χ0v) is 14.5. The van der Waals surface area contributed by atoms with Gasteiger partial charge in [-0.05, 0) is 61.7 Å². The molecule has 0 aliphatic carbocycles. The van der Waals surface area contributed by atoms with Gasteiger partial charge in [0.05, 0.1) is 11.4 Å². The molecule has 0 bridgehead atoms. The van der Waals surface area contributed by atoms with E-state index in [1.165, 1.54) is 0 Å². The van der Waals surface area contributed by atoms with Crippen LogP contribution in [0.3, 0.4) is 0 Å². The Morgan fingerprint density at radius 3 is 2.38 bits per heavy atom. The van der Waals surface area contributed by atoms with Gasteiger partial charge in [-0.2, -0.15) is 0 Å². The van der Waals surface area contributed by atoms with Gasteiger partial charge in [-0.15, -0.1) is 0 Å². The topological polar surface area (TPSA) is 72.2 Å². The van der Waals surface area contributed by atoms with Crippen LogP contribution in [-0.2, 0) is 10.0 Å². The number of benzene rings is 2. The first kappa shape index (κ1) is 15.9. The highest BCUT2D eigenvalue weighted by atomic mass is 79.9. The fourth-order valence-electron chi connectivity index (χ4n) is 1.96. The van der Waals surface area contributed by atoms with Crippen LogP contribution < -0.4 is 10.5 Å². The van der Waals surface area contributed by atoms with E-state index in [1.807, 2.05) is 26.8 Å². The van der Waals surface area contributed by atoms with Gasteiger partial charge >= 0.3 is 0 Å². The van der Waals surface area contributed by atoms with Gasteiger partial charge in [0.25, 0.3) is 10.0 Å². The molecule has 0 aliphatic heterocycles. The lowest BCUT2D eigenvalue weighted by molar-refractivity contribution is 0.601. The number of anilines is 2. The van der Waals surface area contributed by atoms with Crippen molar-refractivity contribution in [2.24, 2.45) is 0 Å². The molecule has 0 unspecified atom stereocenters. The minimum Gasteiger partial charge on any atom is -0.398 e. The highest BCUT2D eigenvalue weighted by Gasteiger charge is 2.19. The van der Waals surface area contributed by atoms with E-state index in [0.717, 1.165) is 21.2 Å². The first-order valence-electron chi connectivity index (χ1n) is 6.37. The van der Waals surface area contributed by atoms with Crippen LogP contribution in [0.5, 0.6) is 0 Å². The van der Waals surface area contributed by atoms with Crippen molar-refractivity contribution in [2.45, 2.75) is 25.7 Å². The minimum atomic E-state index is -3.72. The van der Waals surface area contributed by atoms with Crippen LogP contribution in [0.25, 0.3) is 0 Å². The van der Waals surface area contributed by atoms with Gasteiger partial charge in [0.2, 0.25) is 0 Å². The van der Waals surface area contributed by atoms with Crippen LogP contribution in [0.4, 0.5) is 11.4 Å². The molecule has 0 saturated heterocycles. The molecule has 2 aromatic carbocycles. The molecule has 0 saturated carbocycles. The average molecular weight is 369 g/mol. The van der Waals surface area contributed by atoms with Gasteiger partial charge in [-0.1, -0.05) is 22.0 Å². The maximum absolute atomic E-state index is 12.5. The van der Waals surface area contributed by atoms with Crippen molar-refractivity contribution in [3.05, 3.63) is 51.5 Å². The summed E-state index contributed by atoms with van der Waals surface area (Å²) in [5.41, 5.74) is 9.32. The second-order valence-corrected chi connectivity index (χ2v) is 7.50. The number of aryl methyl sites for hydroxylation is 2. The molecule has 0 fully saturated rings. The van der Waals surface area contributed by atoms with E-state index < -0.39 is 10.0 Å². The van der Waals surface area contributed by atoms with Crippen molar-refractivity contribution < 1.29 is 8.42 Å². The first-order valence-corrected chi connectivity index (χ1v) is 8.64. The second-order valence-electron chi connectivity index (χ2n) is 4.99. The van der Waals surface area contributed by atoms with E-state index in [9.17, 15) is 8.42 Å². The molecule has 0 spiro atoms. The van der Waals surface area contributed by atoms with Gasteiger partial charge in [-0.25, -0.2) is 8.42 Å². The molecule has 0 aromatic heterocycles. The van der Waals surface area contributed by atoms with Crippen molar-refractivity contribution in [3.8, 4) is 0 Å². The number of hydrogen-bond donors (Lipinski definition) is 2. The summed E-state index contributed by atoms with van der Waals surface area (Å²) >= 11 is 3.39. The van der Waals surface area contributed by atoms with Crippen molar-refractivity contribution in [2.75, 3.05) is 10.5 Å². The molecule has 0 radical (unpaired) electrons. The average Bonchev–Trinajstić information content (AvgIpc) is 2.39. The molecular weight excluding hydrogens is 352 g/mol. The SMILES string of the molecule is Cc1cc(N)c(S(=O)(=O)Nc2cccc(Br)c2C)cc1C. The molecule has 0 amide bonds. The van der Waals surface area contributed by atoms with Gasteiger partial charge in [0.1, 0.15) is 4.90 Å². The Balaban J connectivity index is 2.48. The monoisotopic (exact) mass is 368 g/mol. The summed E-state index contributed by atoms with van der Waals surface area (Å²) in [6.45, 7) is 5.60. The summed E-state index contributed by atoms with van der Waals surface area (Å²) in [6.07, 6.45) is 0. The summed E-state index contributed by atoms with van der Waals surface area (Å²) in [4.78, 5) is 0.102. The van der Waals surface area contributed by atoms with E-state index in [1.54, 1.807) is 24.3 Å². The van der Waals surface area contributed by atoms with Crippen molar-refractivity contribution in [3.63, 3.8) is 0 Å². The Morgan fingerprint density at radius 2 is 1.71 bits per heavy atom. The molecule has 21 heavy (non-hydrogen) atoms. The van der Waals surface area contributed by atoms with E-state index in [2.05, 4.69) is 20.7 Å². The van der Waals surface area contributed by atoms with Crippen molar-refractivity contribution >= 4 is 37.3 Å². The maximum Gasteiger partial charge on any atom is 0.263 e. The van der Waals surface area contributed by atoms with Crippen LogP contribution in [-0.4, -0.2) is 8.42 Å². The Labute approximate surface area is 133 Å². The number of nitrogen functional groups attached to an aromatic ring is 1.